The Balaban J connectivity index is 1.84. The lowest BCUT2D eigenvalue weighted by molar-refractivity contribution is 0.0946. The lowest BCUT2D eigenvalue weighted by Crippen LogP contribution is -2.33. The quantitative estimate of drug-likeness (QED) is 0.892. The number of carbonyl (C=O) groups excluding carboxylic acids is 1. The molecular formula is C14H18BrFN2O. The zero-order chi connectivity index (χ0) is 13.7. The average Bonchev–Trinajstić information content (AvgIpc) is 2.40. The van der Waals surface area contributed by atoms with Gasteiger partial charge in [-0.1, -0.05) is 6.07 Å². The first-order valence-electron chi connectivity index (χ1n) is 6.61. The highest BCUT2D eigenvalue weighted by molar-refractivity contribution is 9.10. The first-order chi connectivity index (χ1) is 9.18. The third-order valence-corrected chi connectivity index (χ3v) is 4.09. The van der Waals surface area contributed by atoms with Crippen LogP contribution in [0.4, 0.5) is 4.39 Å². The van der Waals surface area contributed by atoms with E-state index in [1.165, 1.54) is 18.9 Å². The number of halogens is 2. The van der Waals surface area contributed by atoms with Crippen LogP contribution in [0.25, 0.3) is 0 Å². The summed E-state index contributed by atoms with van der Waals surface area (Å²) in [7, 11) is 0. The molecule has 1 atom stereocenters. The highest BCUT2D eigenvalue weighted by Gasteiger charge is 2.16. The van der Waals surface area contributed by atoms with Gasteiger partial charge in [-0.25, -0.2) is 4.39 Å². The predicted molar refractivity (Wildman–Crippen MR) is 76.6 cm³/mol. The molecule has 0 saturated carbocycles. The van der Waals surface area contributed by atoms with Crippen molar-refractivity contribution in [1.82, 2.24) is 10.6 Å². The largest absolute Gasteiger partial charge is 0.352 e. The first-order valence-corrected chi connectivity index (χ1v) is 7.40. The van der Waals surface area contributed by atoms with E-state index < -0.39 is 5.82 Å². The van der Waals surface area contributed by atoms with Gasteiger partial charge in [0.2, 0.25) is 0 Å². The van der Waals surface area contributed by atoms with Crippen LogP contribution in [0, 0.1) is 11.7 Å². The molecule has 0 unspecified atom stereocenters. The summed E-state index contributed by atoms with van der Waals surface area (Å²) in [5.74, 6) is -0.238. The second kappa shape index (κ2) is 7.01. The van der Waals surface area contributed by atoms with E-state index in [0.717, 1.165) is 19.5 Å². The van der Waals surface area contributed by atoms with Gasteiger partial charge in [0.05, 0.1) is 5.56 Å². The summed E-state index contributed by atoms with van der Waals surface area (Å²) in [4.78, 5) is 11.9. The molecule has 2 rings (SSSR count). The first kappa shape index (κ1) is 14.5. The maximum atomic E-state index is 13.6. The molecule has 0 bridgehead atoms. The van der Waals surface area contributed by atoms with Crippen LogP contribution < -0.4 is 10.6 Å². The topological polar surface area (TPSA) is 41.1 Å². The third-order valence-electron chi connectivity index (χ3n) is 3.43. The molecule has 1 aromatic carbocycles. The van der Waals surface area contributed by atoms with E-state index in [0.29, 0.717) is 16.9 Å². The summed E-state index contributed by atoms with van der Waals surface area (Å²) in [6.07, 6.45) is 3.33. The van der Waals surface area contributed by atoms with Gasteiger partial charge < -0.3 is 10.6 Å². The number of amides is 1. The van der Waals surface area contributed by atoms with E-state index >= 15 is 0 Å². The normalized spacial score (nSPS) is 19.2. The van der Waals surface area contributed by atoms with Crippen LogP contribution in [0.1, 0.15) is 29.6 Å². The van der Waals surface area contributed by atoms with E-state index in [1.54, 1.807) is 12.1 Å². The maximum absolute atomic E-state index is 13.6. The second-order valence-corrected chi connectivity index (χ2v) is 5.71. The molecule has 0 radical (unpaired) electrons. The Morgan fingerprint density at radius 2 is 2.37 bits per heavy atom. The van der Waals surface area contributed by atoms with Crippen LogP contribution in [0.3, 0.4) is 0 Å². The summed E-state index contributed by atoms with van der Waals surface area (Å²) >= 11 is 3.21. The number of carbonyl (C=O) groups is 1. The Kier molecular flexibility index (Phi) is 5.34. The van der Waals surface area contributed by atoms with Crippen molar-refractivity contribution in [2.45, 2.75) is 19.3 Å². The maximum Gasteiger partial charge on any atom is 0.255 e. The van der Waals surface area contributed by atoms with E-state index in [-0.39, 0.29) is 11.5 Å². The van der Waals surface area contributed by atoms with Crippen molar-refractivity contribution >= 4 is 21.8 Å². The molecule has 104 valence electrons. The van der Waals surface area contributed by atoms with Gasteiger partial charge in [0.1, 0.15) is 5.82 Å². The van der Waals surface area contributed by atoms with E-state index in [1.807, 2.05) is 0 Å². The number of piperidine rings is 1. The summed E-state index contributed by atoms with van der Waals surface area (Å²) in [5, 5.41) is 6.13. The van der Waals surface area contributed by atoms with Crippen LogP contribution in [0.15, 0.2) is 22.7 Å². The van der Waals surface area contributed by atoms with Crippen molar-refractivity contribution in [2.24, 2.45) is 5.92 Å². The molecule has 19 heavy (non-hydrogen) atoms. The lowest BCUT2D eigenvalue weighted by Gasteiger charge is -2.22. The standard InChI is InChI=1S/C14H18BrFN2O/c15-11-4-1-5-12(16)13(11)14(19)18-8-6-10-3-2-7-17-9-10/h1,4-5,10,17H,2-3,6-9H2,(H,18,19)/t10-/m0/s1. The van der Waals surface area contributed by atoms with Gasteiger partial charge in [-0.2, -0.15) is 0 Å². The van der Waals surface area contributed by atoms with Gasteiger partial charge in [-0.15, -0.1) is 0 Å². The molecule has 2 N–H and O–H groups in total. The van der Waals surface area contributed by atoms with Crippen LogP contribution in [-0.4, -0.2) is 25.5 Å². The zero-order valence-corrected chi connectivity index (χ0v) is 12.3. The number of rotatable bonds is 4. The summed E-state index contributed by atoms with van der Waals surface area (Å²) in [6, 6.07) is 4.54. The minimum Gasteiger partial charge on any atom is -0.352 e. The molecule has 1 amide bonds. The molecular weight excluding hydrogens is 311 g/mol. The van der Waals surface area contributed by atoms with Crippen LogP contribution >= 0.6 is 15.9 Å². The molecule has 3 nitrogen and oxygen atoms in total. The van der Waals surface area contributed by atoms with Gasteiger partial charge in [0.15, 0.2) is 0 Å². The van der Waals surface area contributed by atoms with Crippen molar-refractivity contribution < 1.29 is 9.18 Å². The van der Waals surface area contributed by atoms with Gasteiger partial charge in [-0.05, 0) is 66.3 Å². The van der Waals surface area contributed by atoms with E-state index in [4.69, 9.17) is 0 Å². The van der Waals surface area contributed by atoms with Crippen molar-refractivity contribution in [3.63, 3.8) is 0 Å². The molecule has 1 aromatic rings. The van der Waals surface area contributed by atoms with Crippen molar-refractivity contribution in [3.05, 3.63) is 34.1 Å². The molecule has 1 aliphatic heterocycles. The van der Waals surface area contributed by atoms with Gasteiger partial charge in [0, 0.05) is 11.0 Å². The highest BCUT2D eigenvalue weighted by atomic mass is 79.9. The Bertz CT molecular complexity index is 427. The molecule has 1 fully saturated rings. The number of benzene rings is 1. The molecule has 1 saturated heterocycles. The van der Waals surface area contributed by atoms with Gasteiger partial charge >= 0.3 is 0 Å². The monoisotopic (exact) mass is 328 g/mol. The van der Waals surface area contributed by atoms with Crippen molar-refractivity contribution in [2.75, 3.05) is 19.6 Å². The average molecular weight is 329 g/mol. The fourth-order valence-corrected chi connectivity index (χ4v) is 2.89. The number of hydrogen-bond acceptors (Lipinski definition) is 2. The second-order valence-electron chi connectivity index (χ2n) is 4.85. The Morgan fingerprint density at radius 1 is 1.53 bits per heavy atom. The van der Waals surface area contributed by atoms with E-state index in [9.17, 15) is 9.18 Å². The lowest BCUT2D eigenvalue weighted by atomic mass is 9.96. The van der Waals surface area contributed by atoms with Crippen LogP contribution in [0.2, 0.25) is 0 Å². The van der Waals surface area contributed by atoms with Gasteiger partial charge in [-0.3, -0.25) is 4.79 Å². The van der Waals surface area contributed by atoms with Gasteiger partial charge in [0.25, 0.3) is 5.91 Å². The smallest absolute Gasteiger partial charge is 0.255 e. The zero-order valence-electron chi connectivity index (χ0n) is 10.7. The van der Waals surface area contributed by atoms with E-state index in [2.05, 4.69) is 26.6 Å². The summed E-state index contributed by atoms with van der Waals surface area (Å²) < 4.78 is 14.1. The SMILES string of the molecule is O=C(NCC[C@@H]1CCCNC1)c1c(F)cccc1Br. The molecule has 1 aliphatic rings. The third kappa shape index (κ3) is 4.01. The minimum atomic E-state index is -0.494. The fourth-order valence-electron chi connectivity index (χ4n) is 2.36. The Hall–Kier alpha value is -0.940. The number of nitrogens with one attached hydrogen (secondary N) is 2. The molecule has 5 heteroatoms. The fraction of sp³-hybridized carbons (Fsp3) is 0.500. The predicted octanol–water partition coefficient (Wildman–Crippen LogP) is 2.71. The van der Waals surface area contributed by atoms with Crippen LogP contribution in [-0.2, 0) is 0 Å². The van der Waals surface area contributed by atoms with Crippen LogP contribution in [0.5, 0.6) is 0 Å². The minimum absolute atomic E-state index is 0.0873. The number of hydrogen-bond donors (Lipinski definition) is 2. The molecule has 0 spiro atoms. The molecule has 0 aliphatic carbocycles. The summed E-state index contributed by atoms with van der Waals surface area (Å²) in [6.45, 7) is 2.69. The summed E-state index contributed by atoms with van der Waals surface area (Å²) in [5.41, 5.74) is 0.0873. The Morgan fingerprint density at radius 3 is 3.05 bits per heavy atom. The van der Waals surface area contributed by atoms with Crippen molar-refractivity contribution in [1.29, 1.82) is 0 Å². The van der Waals surface area contributed by atoms with Crippen molar-refractivity contribution in [3.8, 4) is 0 Å². The molecule has 0 aromatic heterocycles. The Labute approximate surface area is 121 Å². The molecule has 1 heterocycles. The highest BCUT2D eigenvalue weighted by Crippen LogP contribution is 2.19.